The number of nitrogens with zero attached hydrogens (tertiary/aromatic N) is 1. The lowest BCUT2D eigenvalue weighted by Gasteiger charge is -2.16. The van der Waals surface area contributed by atoms with Gasteiger partial charge < -0.3 is 15.5 Å². The molecule has 2 rings (SSSR count). The van der Waals surface area contributed by atoms with Crippen LogP contribution in [0.3, 0.4) is 0 Å². The Hall–Kier alpha value is -2.08. The Kier molecular flexibility index (Phi) is 6.40. The number of likely N-dealkylation sites (tertiary alicyclic amines) is 1. The third-order valence-electron chi connectivity index (χ3n) is 3.67. The van der Waals surface area contributed by atoms with E-state index in [4.69, 9.17) is 11.6 Å². The van der Waals surface area contributed by atoms with Gasteiger partial charge in [0.1, 0.15) is 5.88 Å². The minimum atomic E-state index is -0.338. The van der Waals surface area contributed by atoms with Gasteiger partial charge in [-0.25, -0.2) is 0 Å². The second-order valence-electron chi connectivity index (χ2n) is 5.44. The van der Waals surface area contributed by atoms with Crippen molar-refractivity contribution in [2.45, 2.75) is 13.0 Å². The highest BCUT2D eigenvalue weighted by Gasteiger charge is 2.33. The van der Waals surface area contributed by atoms with Crippen LogP contribution in [-0.4, -0.2) is 48.1 Å². The van der Waals surface area contributed by atoms with Gasteiger partial charge in [-0.05, 0) is 5.56 Å². The van der Waals surface area contributed by atoms with Crippen molar-refractivity contribution in [2.75, 3.05) is 25.5 Å². The molecule has 7 heteroatoms. The number of rotatable bonds is 7. The van der Waals surface area contributed by atoms with Crippen molar-refractivity contribution in [3.8, 4) is 0 Å². The van der Waals surface area contributed by atoms with Crippen molar-refractivity contribution in [1.29, 1.82) is 0 Å². The number of hydrogen-bond donors (Lipinski definition) is 2. The van der Waals surface area contributed by atoms with Crippen LogP contribution in [-0.2, 0) is 20.9 Å². The van der Waals surface area contributed by atoms with Gasteiger partial charge in [-0.3, -0.25) is 14.4 Å². The molecule has 1 fully saturated rings. The first-order valence-electron chi connectivity index (χ1n) is 7.52. The zero-order valence-corrected chi connectivity index (χ0v) is 13.5. The summed E-state index contributed by atoms with van der Waals surface area (Å²) in [5.41, 5.74) is 1.05. The van der Waals surface area contributed by atoms with Gasteiger partial charge >= 0.3 is 0 Å². The van der Waals surface area contributed by atoms with Gasteiger partial charge in [0, 0.05) is 32.6 Å². The van der Waals surface area contributed by atoms with Crippen LogP contribution < -0.4 is 10.6 Å². The molecule has 1 atom stereocenters. The molecule has 23 heavy (non-hydrogen) atoms. The molecular weight excluding hydrogens is 318 g/mol. The maximum absolute atomic E-state index is 12.1. The third kappa shape index (κ3) is 5.25. The first-order chi connectivity index (χ1) is 11.1. The quantitative estimate of drug-likeness (QED) is 0.562. The maximum Gasteiger partial charge on any atom is 0.234 e. The van der Waals surface area contributed by atoms with Crippen LogP contribution in [0.4, 0.5) is 0 Å². The predicted octanol–water partition coefficient (Wildman–Crippen LogP) is 0.506. The Morgan fingerprint density at radius 3 is 2.57 bits per heavy atom. The van der Waals surface area contributed by atoms with Crippen LogP contribution in [0, 0.1) is 5.92 Å². The van der Waals surface area contributed by atoms with E-state index >= 15 is 0 Å². The zero-order chi connectivity index (χ0) is 16.7. The van der Waals surface area contributed by atoms with E-state index in [0.29, 0.717) is 26.2 Å². The molecule has 3 amide bonds. The lowest BCUT2D eigenvalue weighted by molar-refractivity contribution is -0.129. The van der Waals surface area contributed by atoms with E-state index < -0.39 is 0 Å². The van der Waals surface area contributed by atoms with Gasteiger partial charge in [0.15, 0.2) is 0 Å². The van der Waals surface area contributed by atoms with Crippen molar-refractivity contribution < 1.29 is 14.4 Å². The molecule has 2 N–H and O–H groups in total. The Bertz CT molecular complexity index is 565. The van der Waals surface area contributed by atoms with Gasteiger partial charge in [-0.1, -0.05) is 30.3 Å². The molecule has 1 aliphatic rings. The predicted molar refractivity (Wildman–Crippen MR) is 86.7 cm³/mol. The second kappa shape index (κ2) is 8.53. The van der Waals surface area contributed by atoms with Crippen LogP contribution in [0.1, 0.15) is 12.0 Å². The van der Waals surface area contributed by atoms with Crippen molar-refractivity contribution in [2.24, 2.45) is 5.92 Å². The molecule has 0 saturated carbocycles. The smallest absolute Gasteiger partial charge is 0.234 e. The number of halogens is 1. The van der Waals surface area contributed by atoms with Crippen LogP contribution in [0.2, 0.25) is 0 Å². The monoisotopic (exact) mass is 337 g/mol. The third-order valence-corrected chi connectivity index (χ3v) is 3.91. The molecule has 6 nitrogen and oxygen atoms in total. The standard InChI is InChI=1S/C16H20ClN3O3/c17-9-14(21)18-6-7-19-16(23)13-8-15(22)20(11-13)10-12-4-2-1-3-5-12/h1-5,13H,6-11H2,(H,18,21)(H,19,23). The molecule has 1 heterocycles. The van der Waals surface area contributed by atoms with Gasteiger partial charge in [0.25, 0.3) is 0 Å². The number of hydrogen-bond acceptors (Lipinski definition) is 3. The summed E-state index contributed by atoms with van der Waals surface area (Å²) in [6.45, 7) is 1.60. The van der Waals surface area contributed by atoms with Crippen LogP contribution in [0.15, 0.2) is 30.3 Å². The van der Waals surface area contributed by atoms with Crippen molar-refractivity contribution >= 4 is 29.3 Å². The summed E-state index contributed by atoms with van der Waals surface area (Å²) in [7, 11) is 0. The van der Waals surface area contributed by atoms with Crippen molar-refractivity contribution in [3.05, 3.63) is 35.9 Å². The summed E-state index contributed by atoms with van der Waals surface area (Å²) in [5.74, 6) is -0.876. The maximum atomic E-state index is 12.1. The Balaban J connectivity index is 1.75. The van der Waals surface area contributed by atoms with E-state index in [0.717, 1.165) is 5.56 Å². The first kappa shape index (κ1) is 17.3. The number of carbonyl (C=O) groups excluding carboxylic acids is 3. The van der Waals surface area contributed by atoms with E-state index in [1.165, 1.54) is 0 Å². The van der Waals surface area contributed by atoms with Gasteiger partial charge in [-0.2, -0.15) is 0 Å². The number of amides is 3. The molecule has 0 radical (unpaired) electrons. The Morgan fingerprint density at radius 1 is 1.17 bits per heavy atom. The van der Waals surface area contributed by atoms with E-state index in [-0.39, 0.29) is 35.9 Å². The number of benzene rings is 1. The highest BCUT2D eigenvalue weighted by molar-refractivity contribution is 6.27. The molecule has 1 saturated heterocycles. The van der Waals surface area contributed by atoms with E-state index in [1.54, 1.807) is 4.90 Å². The average molecular weight is 338 g/mol. The fraction of sp³-hybridized carbons (Fsp3) is 0.438. The Labute approximate surface area is 140 Å². The highest BCUT2D eigenvalue weighted by Crippen LogP contribution is 2.20. The molecule has 0 spiro atoms. The molecule has 1 aromatic rings. The van der Waals surface area contributed by atoms with Crippen molar-refractivity contribution in [3.63, 3.8) is 0 Å². The summed E-state index contributed by atoms with van der Waals surface area (Å²) in [6, 6.07) is 9.69. The number of nitrogens with one attached hydrogen (secondary N) is 2. The minimum Gasteiger partial charge on any atom is -0.354 e. The molecule has 1 unspecified atom stereocenters. The molecule has 124 valence electrons. The zero-order valence-electron chi connectivity index (χ0n) is 12.8. The van der Waals surface area contributed by atoms with Crippen LogP contribution in [0.5, 0.6) is 0 Å². The summed E-state index contributed by atoms with van der Waals surface area (Å²) in [4.78, 5) is 36.8. The highest BCUT2D eigenvalue weighted by atomic mass is 35.5. The van der Waals surface area contributed by atoms with E-state index in [2.05, 4.69) is 10.6 Å². The SMILES string of the molecule is O=C(CCl)NCCNC(=O)C1CC(=O)N(Cc2ccccc2)C1. The summed E-state index contributed by atoms with van der Waals surface area (Å²) in [6.07, 6.45) is 0.229. The summed E-state index contributed by atoms with van der Waals surface area (Å²) in [5, 5.41) is 5.30. The topological polar surface area (TPSA) is 78.5 Å². The summed E-state index contributed by atoms with van der Waals surface area (Å²) >= 11 is 5.35. The van der Waals surface area contributed by atoms with Crippen molar-refractivity contribution in [1.82, 2.24) is 15.5 Å². The lowest BCUT2D eigenvalue weighted by Crippen LogP contribution is -2.38. The number of alkyl halides is 1. The summed E-state index contributed by atoms with van der Waals surface area (Å²) < 4.78 is 0. The molecule has 1 aromatic carbocycles. The second-order valence-corrected chi connectivity index (χ2v) is 5.70. The van der Waals surface area contributed by atoms with Crippen LogP contribution in [0.25, 0.3) is 0 Å². The molecule has 0 aromatic heterocycles. The first-order valence-corrected chi connectivity index (χ1v) is 8.05. The normalized spacial score (nSPS) is 17.2. The van der Waals surface area contributed by atoms with Crippen LogP contribution >= 0.6 is 11.6 Å². The average Bonchev–Trinajstić information content (AvgIpc) is 2.93. The largest absolute Gasteiger partial charge is 0.354 e. The molecule has 0 bridgehead atoms. The molecule has 1 aliphatic heterocycles. The van der Waals surface area contributed by atoms with E-state index in [1.807, 2.05) is 30.3 Å². The fourth-order valence-electron chi connectivity index (χ4n) is 2.48. The Morgan fingerprint density at radius 2 is 1.87 bits per heavy atom. The van der Waals surface area contributed by atoms with Gasteiger partial charge in [-0.15, -0.1) is 11.6 Å². The molecule has 0 aliphatic carbocycles. The van der Waals surface area contributed by atoms with Gasteiger partial charge in [0.05, 0.1) is 5.92 Å². The fourth-order valence-corrected chi connectivity index (χ4v) is 2.58. The lowest BCUT2D eigenvalue weighted by atomic mass is 10.1. The molecular formula is C16H20ClN3O3. The van der Waals surface area contributed by atoms with E-state index in [9.17, 15) is 14.4 Å². The number of carbonyl (C=O) groups is 3. The van der Waals surface area contributed by atoms with Gasteiger partial charge in [0.2, 0.25) is 17.7 Å². The minimum absolute atomic E-state index is 0.00977.